The first-order valence-electron chi connectivity index (χ1n) is 6.18. The molecular formula is C12H24N2O2. The monoisotopic (exact) mass is 228 g/mol. The summed E-state index contributed by atoms with van der Waals surface area (Å²) in [7, 11) is 1.72. The molecule has 0 aromatic rings. The lowest BCUT2D eigenvalue weighted by atomic mass is 9.93. The number of methoxy groups -OCH3 is 1. The van der Waals surface area contributed by atoms with Crippen LogP contribution in [0.4, 0.5) is 0 Å². The van der Waals surface area contributed by atoms with Gasteiger partial charge in [-0.05, 0) is 32.1 Å². The van der Waals surface area contributed by atoms with E-state index in [4.69, 9.17) is 10.5 Å². The highest BCUT2D eigenvalue weighted by Crippen LogP contribution is 2.22. The first-order valence-corrected chi connectivity index (χ1v) is 6.18. The van der Waals surface area contributed by atoms with Crippen molar-refractivity contribution in [3.63, 3.8) is 0 Å². The van der Waals surface area contributed by atoms with E-state index in [0.717, 1.165) is 19.3 Å². The van der Waals surface area contributed by atoms with Gasteiger partial charge in [-0.25, -0.2) is 0 Å². The van der Waals surface area contributed by atoms with Crippen molar-refractivity contribution >= 4 is 5.91 Å². The molecule has 0 radical (unpaired) electrons. The molecule has 1 amide bonds. The number of hydrogen-bond donors (Lipinski definition) is 2. The largest absolute Gasteiger partial charge is 0.381 e. The molecule has 0 saturated heterocycles. The van der Waals surface area contributed by atoms with E-state index in [1.807, 2.05) is 13.8 Å². The summed E-state index contributed by atoms with van der Waals surface area (Å²) < 4.78 is 5.28. The van der Waals surface area contributed by atoms with E-state index < -0.39 is 5.54 Å². The summed E-state index contributed by atoms with van der Waals surface area (Å²) in [5, 5.41) is 3.04. The number of carbonyl (C=O) groups is 1. The molecule has 2 atom stereocenters. The third kappa shape index (κ3) is 2.95. The van der Waals surface area contributed by atoms with Crippen molar-refractivity contribution < 1.29 is 9.53 Å². The third-order valence-electron chi connectivity index (χ3n) is 3.77. The highest BCUT2D eigenvalue weighted by atomic mass is 16.5. The Hall–Kier alpha value is -0.610. The maximum Gasteiger partial charge on any atom is 0.240 e. The van der Waals surface area contributed by atoms with E-state index in [-0.39, 0.29) is 11.9 Å². The van der Waals surface area contributed by atoms with Gasteiger partial charge in [0.05, 0.1) is 11.6 Å². The Balaban J connectivity index is 2.46. The molecule has 1 aliphatic carbocycles. The zero-order valence-corrected chi connectivity index (χ0v) is 10.6. The normalized spacial score (nSPS) is 25.8. The molecule has 0 spiro atoms. The highest BCUT2D eigenvalue weighted by molar-refractivity contribution is 5.86. The van der Waals surface area contributed by atoms with Gasteiger partial charge in [0.2, 0.25) is 5.91 Å². The minimum atomic E-state index is -0.703. The Morgan fingerprint density at radius 3 is 2.50 bits per heavy atom. The van der Waals surface area contributed by atoms with Crippen LogP contribution in [-0.2, 0) is 9.53 Å². The van der Waals surface area contributed by atoms with Gasteiger partial charge in [-0.3, -0.25) is 4.79 Å². The van der Waals surface area contributed by atoms with Crippen molar-refractivity contribution in [2.45, 2.75) is 63.6 Å². The molecule has 3 N–H and O–H groups in total. The van der Waals surface area contributed by atoms with Crippen molar-refractivity contribution in [2.24, 2.45) is 5.73 Å². The number of nitrogens with two attached hydrogens (primary N) is 1. The minimum Gasteiger partial charge on any atom is -0.381 e. The van der Waals surface area contributed by atoms with Crippen molar-refractivity contribution in [1.29, 1.82) is 0 Å². The molecule has 0 aromatic carbocycles. The van der Waals surface area contributed by atoms with E-state index in [9.17, 15) is 4.79 Å². The number of carbonyl (C=O) groups excluding carboxylic acids is 1. The quantitative estimate of drug-likeness (QED) is 0.743. The Kier molecular flexibility index (Phi) is 4.74. The highest BCUT2D eigenvalue weighted by Gasteiger charge is 2.33. The summed E-state index contributed by atoms with van der Waals surface area (Å²) >= 11 is 0. The van der Waals surface area contributed by atoms with Gasteiger partial charge < -0.3 is 15.8 Å². The second-order valence-corrected chi connectivity index (χ2v) is 4.70. The number of amides is 1. The summed E-state index contributed by atoms with van der Waals surface area (Å²) in [5.41, 5.74) is 5.34. The van der Waals surface area contributed by atoms with Crippen LogP contribution >= 0.6 is 0 Å². The van der Waals surface area contributed by atoms with Gasteiger partial charge in [-0.15, -0.1) is 0 Å². The number of ether oxygens (including phenoxy) is 1. The fraction of sp³-hybridized carbons (Fsp3) is 0.917. The van der Waals surface area contributed by atoms with Crippen LogP contribution in [0.1, 0.15) is 46.0 Å². The second kappa shape index (κ2) is 5.64. The maximum absolute atomic E-state index is 12.0. The molecule has 2 unspecified atom stereocenters. The van der Waals surface area contributed by atoms with E-state index in [1.165, 1.54) is 0 Å². The van der Waals surface area contributed by atoms with E-state index in [1.54, 1.807) is 7.11 Å². The molecule has 1 rings (SSSR count). The molecular weight excluding hydrogens is 204 g/mol. The zero-order chi connectivity index (χ0) is 12.2. The fourth-order valence-corrected chi connectivity index (χ4v) is 2.19. The molecule has 0 aliphatic heterocycles. The van der Waals surface area contributed by atoms with E-state index in [2.05, 4.69) is 5.32 Å². The van der Waals surface area contributed by atoms with Crippen LogP contribution in [0.15, 0.2) is 0 Å². The van der Waals surface area contributed by atoms with Crippen LogP contribution in [0.5, 0.6) is 0 Å². The van der Waals surface area contributed by atoms with Crippen LogP contribution in [0, 0.1) is 0 Å². The van der Waals surface area contributed by atoms with E-state index >= 15 is 0 Å². The van der Waals surface area contributed by atoms with Crippen LogP contribution in [0.3, 0.4) is 0 Å². The average molecular weight is 228 g/mol. The van der Waals surface area contributed by atoms with Gasteiger partial charge in [-0.1, -0.05) is 13.8 Å². The standard InChI is InChI=1S/C12H24N2O2/c1-4-12(13,5-2)11(15)14-9-6-7-10(8-9)16-3/h9-10H,4-8,13H2,1-3H3,(H,14,15). The molecule has 4 nitrogen and oxygen atoms in total. The molecule has 94 valence electrons. The number of nitrogens with one attached hydrogen (secondary N) is 1. The summed E-state index contributed by atoms with van der Waals surface area (Å²) in [5.74, 6) is -0.0146. The van der Waals surface area contributed by atoms with Crippen molar-refractivity contribution in [3.05, 3.63) is 0 Å². The minimum absolute atomic E-state index is 0.0146. The topological polar surface area (TPSA) is 64.4 Å². The maximum atomic E-state index is 12.0. The Labute approximate surface area is 97.9 Å². The van der Waals surface area contributed by atoms with Gasteiger partial charge in [0.15, 0.2) is 0 Å². The van der Waals surface area contributed by atoms with Crippen LogP contribution in [0.2, 0.25) is 0 Å². The lowest BCUT2D eigenvalue weighted by molar-refractivity contribution is -0.127. The Bertz CT molecular complexity index is 239. The molecule has 0 bridgehead atoms. The zero-order valence-electron chi connectivity index (χ0n) is 10.6. The van der Waals surface area contributed by atoms with Gasteiger partial charge >= 0.3 is 0 Å². The molecule has 1 aliphatic rings. The van der Waals surface area contributed by atoms with E-state index in [0.29, 0.717) is 18.9 Å². The van der Waals surface area contributed by atoms with Crippen molar-refractivity contribution in [3.8, 4) is 0 Å². The lowest BCUT2D eigenvalue weighted by Gasteiger charge is -2.27. The van der Waals surface area contributed by atoms with Crippen LogP contribution in [-0.4, -0.2) is 30.7 Å². The van der Waals surface area contributed by atoms with Gasteiger partial charge in [-0.2, -0.15) is 0 Å². The second-order valence-electron chi connectivity index (χ2n) is 4.70. The molecule has 1 fully saturated rings. The molecule has 0 aromatic heterocycles. The van der Waals surface area contributed by atoms with Gasteiger partial charge in [0.1, 0.15) is 0 Å². The average Bonchev–Trinajstić information content (AvgIpc) is 2.75. The summed E-state index contributed by atoms with van der Waals surface area (Å²) in [6.45, 7) is 3.91. The Morgan fingerprint density at radius 1 is 1.44 bits per heavy atom. The first kappa shape index (κ1) is 13.5. The summed E-state index contributed by atoms with van der Waals surface area (Å²) in [4.78, 5) is 12.0. The fourth-order valence-electron chi connectivity index (χ4n) is 2.19. The first-order chi connectivity index (χ1) is 7.55. The third-order valence-corrected chi connectivity index (χ3v) is 3.77. The lowest BCUT2D eigenvalue weighted by Crippen LogP contribution is -2.55. The van der Waals surface area contributed by atoms with Gasteiger partial charge in [0.25, 0.3) is 0 Å². The summed E-state index contributed by atoms with van der Waals surface area (Å²) in [6, 6.07) is 0.235. The smallest absolute Gasteiger partial charge is 0.240 e. The molecule has 0 heterocycles. The molecule has 4 heteroatoms. The predicted molar refractivity (Wildman–Crippen MR) is 64.1 cm³/mol. The predicted octanol–water partition coefficient (Wildman–Crippen LogP) is 1.19. The molecule has 16 heavy (non-hydrogen) atoms. The summed E-state index contributed by atoms with van der Waals surface area (Å²) in [6.07, 6.45) is 4.57. The van der Waals surface area contributed by atoms with Crippen LogP contribution in [0.25, 0.3) is 0 Å². The molecule has 1 saturated carbocycles. The Morgan fingerprint density at radius 2 is 2.06 bits per heavy atom. The number of rotatable bonds is 5. The van der Waals surface area contributed by atoms with Crippen LogP contribution < -0.4 is 11.1 Å². The van der Waals surface area contributed by atoms with Gasteiger partial charge in [0, 0.05) is 13.2 Å². The van der Waals surface area contributed by atoms with Crippen molar-refractivity contribution in [2.75, 3.05) is 7.11 Å². The SMILES string of the molecule is CCC(N)(CC)C(=O)NC1CCC(OC)C1. The van der Waals surface area contributed by atoms with Crippen molar-refractivity contribution in [1.82, 2.24) is 5.32 Å². The number of hydrogen-bond acceptors (Lipinski definition) is 3.